The molecule has 2 heterocycles. The van der Waals surface area contributed by atoms with Gasteiger partial charge in [-0.1, -0.05) is 25.8 Å². The monoisotopic (exact) mass is 462 g/mol. The van der Waals surface area contributed by atoms with Crippen LogP contribution in [-0.2, 0) is 4.79 Å². The summed E-state index contributed by atoms with van der Waals surface area (Å²) in [6.45, 7) is 2.07. The van der Waals surface area contributed by atoms with E-state index in [1.165, 1.54) is 25.0 Å². The van der Waals surface area contributed by atoms with Crippen molar-refractivity contribution in [1.29, 1.82) is 0 Å². The number of aromatic nitrogens is 3. The molecule has 0 bridgehead atoms. The van der Waals surface area contributed by atoms with Crippen LogP contribution >= 0.6 is 0 Å². The van der Waals surface area contributed by atoms with Gasteiger partial charge < -0.3 is 15.6 Å². The Morgan fingerprint density at radius 2 is 1.82 bits per heavy atom. The maximum Gasteiger partial charge on any atom is 0.290 e. The lowest BCUT2D eigenvalue weighted by Gasteiger charge is -2.25. The van der Waals surface area contributed by atoms with E-state index in [9.17, 15) is 4.39 Å². The number of hydrogen-bond acceptors (Lipinski definition) is 5. The fourth-order valence-electron chi connectivity index (χ4n) is 4.44. The summed E-state index contributed by atoms with van der Waals surface area (Å²) < 4.78 is 21.3. The van der Waals surface area contributed by atoms with Crippen molar-refractivity contribution < 1.29 is 19.0 Å². The Kier molecular flexibility index (Phi) is 7.06. The van der Waals surface area contributed by atoms with Gasteiger partial charge in [0.1, 0.15) is 40.2 Å². The topological polar surface area (TPSA) is 103 Å². The highest BCUT2D eigenvalue weighted by Gasteiger charge is 2.26. The van der Waals surface area contributed by atoms with E-state index in [0.717, 1.165) is 41.4 Å². The molecule has 0 saturated heterocycles. The standard InChI is InChI=1S/C25H25FN4O.CH2O2/c1-16-5-7-18(8-6-16)25-29-22(23-24(27)28-13-14-30(23)25)17-9-11-20(12-10-17)31-21-4-2-3-19(26)15-21;2-1-3/h2-4,9-16,18H,5-8H2,1H3,(H2,27,28);1H,(H,2,3). The predicted molar refractivity (Wildman–Crippen MR) is 128 cm³/mol. The van der Waals surface area contributed by atoms with Gasteiger partial charge in [-0.15, -0.1) is 0 Å². The first kappa shape index (κ1) is 23.2. The van der Waals surface area contributed by atoms with Crippen molar-refractivity contribution in [3.05, 3.63) is 72.6 Å². The number of fused-ring (bicyclic) bond motifs is 1. The summed E-state index contributed by atoms with van der Waals surface area (Å²) in [6.07, 6.45) is 8.42. The second-order valence-electron chi connectivity index (χ2n) is 8.50. The number of imidazole rings is 1. The summed E-state index contributed by atoms with van der Waals surface area (Å²) in [5, 5.41) is 6.89. The molecular weight excluding hydrogens is 435 g/mol. The highest BCUT2D eigenvalue weighted by Crippen LogP contribution is 2.38. The van der Waals surface area contributed by atoms with Crippen molar-refractivity contribution in [2.75, 3.05) is 5.73 Å². The van der Waals surface area contributed by atoms with E-state index in [4.69, 9.17) is 25.4 Å². The van der Waals surface area contributed by atoms with Gasteiger partial charge >= 0.3 is 0 Å². The number of hydrogen-bond donors (Lipinski definition) is 2. The number of nitrogens with two attached hydrogens (primary N) is 1. The zero-order chi connectivity index (χ0) is 24.1. The van der Waals surface area contributed by atoms with Crippen molar-refractivity contribution in [2.24, 2.45) is 5.92 Å². The average molecular weight is 463 g/mol. The van der Waals surface area contributed by atoms with Crippen molar-refractivity contribution in [2.45, 2.75) is 38.5 Å². The summed E-state index contributed by atoms with van der Waals surface area (Å²) in [5.74, 6) is 3.50. The molecule has 0 aliphatic heterocycles. The number of carbonyl (C=O) groups is 1. The molecule has 0 atom stereocenters. The molecule has 0 unspecified atom stereocenters. The quantitative estimate of drug-likeness (QED) is 0.366. The lowest BCUT2D eigenvalue weighted by atomic mass is 9.82. The third-order valence-electron chi connectivity index (χ3n) is 6.15. The Morgan fingerprint density at radius 3 is 2.50 bits per heavy atom. The fourth-order valence-corrected chi connectivity index (χ4v) is 4.44. The zero-order valence-electron chi connectivity index (χ0n) is 18.9. The highest BCUT2D eigenvalue weighted by atomic mass is 19.1. The fraction of sp³-hybridized carbons (Fsp3) is 0.269. The van der Waals surface area contributed by atoms with Crippen LogP contribution in [0.25, 0.3) is 16.8 Å². The number of ether oxygens (including phenoxy) is 1. The number of halogens is 1. The van der Waals surface area contributed by atoms with Gasteiger partial charge in [-0.2, -0.15) is 0 Å². The van der Waals surface area contributed by atoms with Gasteiger partial charge in [0.25, 0.3) is 6.47 Å². The third-order valence-corrected chi connectivity index (χ3v) is 6.15. The second kappa shape index (κ2) is 10.3. The van der Waals surface area contributed by atoms with Crippen LogP contribution in [0.3, 0.4) is 0 Å². The molecule has 0 amide bonds. The molecule has 3 N–H and O–H groups in total. The normalized spacial score (nSPS) is 17.6. The Bertz CT molecular complexity index is 1270. The lowest BCUT2D eigenvalue weighted by Crippen LogP contribution is -2.13. The largest absolute Gasteiger partial charge is 0.483 e. The van der Waals surface area contributed by atoms with E-state index in [1.54, 1.807) is 18.3 Å². The summed E-state index contributed by atoms with van der Waals surface area (Å²) in [7, 11) is 0. The van der Waals surface area contributed by atoms with Crippen LogP contribution in [0, 0.1) is 11.7 Å². The lowest BCUT2D eigenvalue weighted by molar-refractivity contribution is -0.122. The summed E-state index contributed by atoms with van der Waals surface area (Å²) in [5.41, 5.74) is 8.89. The van der Waals surface area contributed by atoms with E-state index in [2.05, 4.69) is 16.3 Å². The molecule has 2 aromatic carbocycles. The molecule has 7 nitrogen and oxygen atoms in total. The van der Waals surface area contributed by atoms with Crippen molar-refractivity contribution in [1.82, 2.24) is 14.4 Å². The van der Waals surface area contributed by atoms with Crippen molar-refractivity contribution in [3.8, 4) is 22.8 Å². The number of nitrogens with zero attached hydrogens (tertiary/aromatic N) is 3. The Balaban J connectivity index is 0.000000868. The number of rotatable bonds is 4. The highest BCUT2D eigenvalue weighted by molar-refractivity contribution is 5.85. The minimum absolute atomic E-state index is 0.250. The molecule has 4 aromatic rings. The van der Waals surface area contributed by atoms with Gasteiger partial charge in [0.2, 0.25) is 0 Å². The number of nitrogen functional groups attached to an aromatic ring is 1. The molecule has 34 heavy (non-hydrogen) atoms. The van der Waals surface area contributed by atoms with E-state index in [1.807, 2.05) is 30.5 Å². The summed E-state index contributed by atoms with van der Waals surface area (Å²) >= 11 is 0. The first-order valence-corrected chi connectivity index (χ1v) is 11.2. The predicted octanol–water partition coefficient (Wildman–Crippen LogP) is 5.90. The molecule has 5 rings (SSSR count). The van der Waals surface area contributed by atoms with Gasteiger partial charge in [-0.05, 0) is 55.2 Å². The minimum atomic E-state index is -0.328. The third kappa shape index (κ3) is 5.01. The maximum atomic E-state index is 13.4. The van der Waals surface area contributed by atoms with Gasteiger partial charge in [-0.25, -0.2) is 14.4 Å². The Morgan fingerprint density at radius 1 is 1.12 bits per heavy atom. The first-order chi connectivity index (χ1) is 16.5. The van der Waals surface area contributed by atoms with E-state index in [0.29, 0.717) is 23.2 Å². The molecule has 0 radical (unpaired) electrons. The average Bonchev–Trinajstić information content (AvgIpc) is 3.22. The maximum absolute atomic E-state index is 13.4. The van der Waals surface area contributed by atoms with Crippen LogP contribution in [0.4, 0.5) is 10.2 Å². The van der Waals surface area contributed by atoms with E-state index >= 15 is 0 Å². The van der Waals surface area contributed by atoms with E-state index < -0.39 is 0 Å². The number of benzene rings is 2. The van der Waals surface area contributed by atoms with Crippen LogP contribution in [0.15, 0.2) is 60.9 Å². The minimum Gasteiger partial charge on any atom is -0.483 e. The summed E-state index contributed by atoms with van der Waals surface area (Å²) in [6, 6.07) is 13.7. The first-order valence-electron chi connectivity index (χ1n) is 11.2. The van der Waals surface area contributed by atoms with Crippen molar-refractivity contribution in [3.63, 3.8) is 0 Å². The number of anilines is 1. The Labute approximate surface area is 197 Å². The Hall–Kier alpha value is -3.94. The zero-order valence-corrected chi connectivity index (χ0v) is 18.9. The molecule has 0 spiro atoms. The SMILES string of the molecule is CC1CCC(c2nc(-c3ccc(Oc4cccc(F)c4)cc3)c3c(N)nccn23)CC1.O=CO. The molecule has 1 aliphatic rings. The van der Waals surface area contributed by atoms with Gasteiger partial charge in [-0.3, -0.25) is 9.20 Å². The molecule has 1 saturated carbocycles. The molecule has 176 valence electrons. The number of carboxylic acid groups (broad SMARTS) is 1. The molecular formula is C26H27FN4O3. The molecule has 8 heteroatoms. The van der Waals surface area contributed by atoms with Crippen LogP contribution in [0.1, 0.15) is 44.3 Å². The van der Waals surface area contributed by atoms with Gasteiger partial charge in [0, 0.05) is 29.9 Å². The van der Waals surface area contributed by atoms with Crippen LogP contribution < -0.4 is 10.5 Å². The molecule has 1 aliphatic carbocycles. The second-order valence-corrected chi connectivity index (χ2v) is 8.50. The summed E-state index contributed by atoms with van der Waals surface area (Å²) in [4.78, 5) is 17.7. The van der Waals surface area contributed by atoms with Crippen LogP contribution in [0.5, 0.6) is 11.5 Å². The molecule has 2 aromatic heterocycles. The van der Waals surface area contributed by atoms with Crippen molar-refractivity contribution >= 4 is 17.8 Å². The van der Waals surface area contributed by atoms with Crippen LogP contribution in [-0.4, -0.2) is 25.9 Å². The molecule has 1 fully saturated rings. The van der Waals surface area contributed by atoms with Gasteiger partial charge in [0.05, 0.1) is 0 Å². The smallest absolute Gasteiger partial charge is 0.290 e. The van der Waals surface area contributed by atoms with Crippen LogP contribution in [0.2, 0.25) is 0 Å². The van der Waals surface area contributed by atoms with Gasteiger partial charge in [0.15, 0.2) is 0 Å². The van der Waals surface area contributed by atoms with E-state index in [-0.39, 0.29) is 12.3 Å².